The van der Waals surface area contributed by atoms with Crippen LogP contribution >= 0.6 is 27.3 Å². The summed E-state index contributed by atoms with van der Waals surface area (Å²) in [7, 11) is -3.40. The van der Waals surface area contributed by atoms with Crippen LogP contribution in [0.5, 0.6) is 0 Å². The topological polar surface area (TPSA) is 94.9 Å². The smallest absolute Gasteiger partial charge is 0.210 e. The number of azide groups is 1. The molecule has 1 heterocycles. The van der Waals surface area contributed by atoms with Crippen molar-refractivity contribution in [3.05, 3.63) is 26.4 Å². The summed E-state index contributed by atoms with van der Waals surface area (Å²) in [5.74, 6) is 0. The number of nitrogens with zero attached hydrogens (tertiary/aromatic N) is 3. The standard InChI is InChI=1S/C8H11BrN4O2S2/c9-7-3-4-8(16-7)17(14,15)12-6-2-1-5-11-13-10/h3-4,12H,1-2,5-6H2. The molecule has 17 heavy (non-hydrogen) atoms. The maximum absolute atomic E-state index is 11.7. The van der Waals surface area contributed by atoms with Gasteiger partial charge in [-0.3, -0.25) is 0 Å². The predicted octanol–water partition coefficient (Wildman–Crippen LogP) is 2.88. The number of nitrogens with one attached hydrogen (secondary N) is 1. The Kier molecular flexibility index (Phi) is 5.93. The van der Waals surface area contributed by atoms with E-state index >= 15 is 0 Å². The summed E-state index contributed by atoms with van der Waals surface area (Å²) < 4.78 is 27.0. The van der Waals surface area contributed by atoms with E-state index in [9.17, 15) is 8.42 Å². The first-order valence-electron chi connectivity index (χ1n) is 4.82. The number of rotatable bonds is 7. The third-order valence-corrected chi connectivity index (χ3v) is 5.43. The number of hydrogen-bond donors (Lipinski definition) is 1. The summed E-state index contributed by atoms with van der Waals surface area (Å²) in [6.07, 6.45) is 1.31. The summed E-state index contributed by atoms with van der Waals surface area (Å²) in [5, 5.41) is 3.37. The Hall–Kier alpha value is -0.600. The van der Waals surface area contributed by atoms with Gasteiger partial charge < -0.3 is 0 Å². The van der Waals surface area contributed by atoms with Crippen molar-refractivity contribution in [3.63, 3.8) is 0 Å². The molecule has 1 aromatic rings. The van der Waals surface area contributed by atoms with Crippen LogP contribution < -0.4 is 4.72 Å². The molecule has 6 nitrogen and oxygen atoms in total. The lowest BCUT2D eigenvalue weighted by atomic mass is 10.3. The Morgan fingerprint density at radius 1 is 1.47 bits per heavy atom. The molecule has 1 N–H and O–H groups in total. The van der Waals surface area contributed by atoms with E-state index in [1.807, 2.05) is 0 Å². The molecule has 0 radical (unpaired) electrons. The number of sulfonamides is 1. The highest BCUT2D eigenvalue weighted by atomic mass is 79.9. The first kappa shape index (κ1) is 14.5. The normalized spacial score (nSPS) is 11.1. The van der Waals surface area contributed by atoms with E-state index in [1.165, 1.54) is 11.3 Å². The molecule has 0 saturated carbocycles. The third-order valence-electron chi connectivity index (χ3n) is 1.85. The summed E-state index contributed by atoms with van der Waals surface area (Å²) in [6, 6.07) is 3.25. The molecule has 0 amide bonds. The van der Waals surface area contributed by atoms with Gasteiger partial charge in [-0.05, 0) is 46.4 Å². The Morgan fingerprint density at radius 2 is 2.24 bits per heavy atom. The molecule has 0 fully saturated rings. The Balaban J connectivity index is 2.38. The van der Waals surface area contributed by atoms with Crippen LogP contribution in [0, 0.1) is 0 Å². The number of thiophene rings is 1. The molecule has 0 aromatic carbocycles. The number of unbranched alkanes of at least 4 members (excludes halogenated alkanes) is 1. The van der Waals surface area contributed by atoms with Gasteiger partial charge in [0.25, 0.3) is 0 Å². The van der Waals surface area contributed by atoms with Crippen molar-refractivity contribution in [2.45, 2.75) is 17.1 Å². The van der Waals surface area contributed by atoms with E-state index in [0.29, 0.717) is 30.1 Å². The second-order valence-corrected chi connectivity index (χ2v) is 7.57. The SMILES string of the molecule is [N-]=[N+]=NCCCCNS(=O)(=O)c1ccc(Br)s1. The van der Waals surface area contributed by atoms with Crippen molar-refractivity contribution in [2.24, 2.45) is 5.11 Å². The van der Waals surface area contributed by atoms with Gasteiger partial charge in [0.1, 0.15) is 4.21 Å². The zero-order chi connectivity index (χ0) is 12.7. The fraction of sp³-hybridized carbons (Fsp3) is 0.500. The van der Waals surface area contributed by atoms with Gasteiger partial charge in [0.15, 0.2) is 0 Å². The Bertz CT molecular complexity index is 507. The van der Waals surface area contributed by atoms with Crippen molar-refractivity contribution in [1.29, 1.82) is 0 Å². The van der Waals surface area contributed by atoms with Gasteiger partial charge in [0, 0.05) is 18.0 Å². The van der Waals surface area contributed by atoms with E-state index in [-0.39, 0.29) is 0 Å². The fourth-order valence-corrected chi connectivity index (χ4v) is 4.20. The van der Waals surface area contributed by atoms with E-state index in [0.717, 1.165) is 3.79 Å². The van der Waals surface area contributed by atoms with Crippen LogP contribution in [0.25, 0.3) is 10.4 Å². The predicted molar refractivity (Wildman–Crippen MR) is 70.5 cm³/mol. The van der Waals surface area contributed by atoms with Crippen LogP contribution in [0.2, 0.25) is 0 Å². The van der Waals surface area contributed by atoms with Crippen LogP contribution in [0.3, 0.4) is 0 Å². The van der Waals surface area contributed by atoms with Gasteiger partial charge in [0.05, 0.1) is 3.79 Å². The highest BCUT2D eigenvalue weighted by Crippen LogP contribution is 2.25. The molecule has 0 spiro atoms. The maximum Gasteiger partial charge on any atom is 0.250 e. The van der Waals surface area contributed by atoms with Crippen LogP contribution in [0.15, 0.2) is 25.2 Å². The van der Waals surface area contributed by atoms with E-state index in [1.54, 1.807) is 12.1 Å². The van der Waals surface area contributed by atoms with Gasteiger partial charge in [-0.2, -0.15) is 0 Å². The molecular formula is C8H11BrN4O2S2. The highest BCUT2D eigenvalue weighted by molar-refractivity contribution is 9.11. The molecule has 9 heteroatoms. The van der Waals surface area contributed by atoms with E-state index in [2.05, 4.69) is 30.7 Å². The fourth-order valence-electron chi connectivity index (χ4n) is 1.07. The molecule has 1 aromatic heterocycles. The van der Waals surface area contributed by atoms with Gasteiger partial charge in [-0.1, -0.05) is 5.11 Å². The quantitative estimate of drug-likeness (QED) is 0.358. The molecule has 0 atom stereocenters. The molecule has 94 valence electrons. The highest BCUT2D eigenvalue weighted by Gasteiger charge is 2.15. The van der Waals surface area contributed by atoms with Crippen LogP contribution in [-0.2, 0) is 10.0 Å². The third kappa shape index (κ3) is 5.05. The minimum atomic E-state index is -3.40. The lowest BCUT2D eigenvalue weighted by Gasteiger charge is -2.03. The monoisotopic (exact) mass is 338 g/mol. The second-order valence-electron chi connectivity index (χ2n) is 3.12. The zero-order valence-electron chi connectivity index (χ0n) is 8.84. The Labute approximate surface area is 112 Å². The van der Waals surface area contributed by atoms with Crippen molar-refractivity contribution < 1.29 is 8.42 Å². The molecular weight excluding hydrogens is 328 g/mol. The lowest BCUT2D eigenvalue weighted by molar-refractivity contribution is 0.579. The van der Waals surface area contributed by atoms with Gasteiger partial charge in [-0.25, -0.2) is 13.1 Å². The van der Waals surface area contributed by atoms with Gasteiger partial charge in [-0.15, -0.1) is 11.3 Å². The van der Waals surface area contributed by atoms with E-state index < -0.39 is 10.0 Å². The zero-order valence-corrected chi connectivity index (χ0v) is 12.1. The second kappa shape index (κ2) is 6.97. The average Bonchev–Trinajstić information content (AvgIpc) is 2.71. The van der Waals surface area contributed by atoms with Gasteiger partial charge >= 0.3 is 0 Å². The molecule has 0 unspecified atom stereocenters. The number of halogens is 1. The maximum atomic E-state index is 11.7. The van der Waals surface area contributed by atoms with Crippen LogP contribution in [-0.4, -0.2) is 21.5 Å². The minimum Gasteiger partial charge on any atom is -0.210 e. The van der Waals surface area contributed by atoms with Gasteiger partial charge in [0.2, 0.25) is 10.0 Å². The summed E-state index contributed by atoms with van der Waals surface area (Å²) >= 11 is 4.38. The molecule has 0 aliphatic heterocycles. The Morgan fingerprint density at radius 3 is 2.82 bits per heavy atom. The number of hydrogen-bond acceptors (Lipinski definition) is 4. The molecule has 0 aliphatic carbocycles. The van der Waals surface area contributed by atoms with Crippen molar-refractivity contribution in [1.82, 2.24) is 4.72 Å². The van der Waals surface area contributed by atoms with E-state index in [4.69, 9.17) is 5.53 Å². The molecule has 0 aliphatic rings. The summed E-state index contributed by atoms with van der Waals surface area (Å²) in [6.45, 7) is 0.738. The molecule has 0 saturated heterocycles. The summed E-state index contributed by atoms with van der Waals surface area (Å²) in [4.78, 5) is 2.62. The van der Waals surface area contributed by atoms with Crippen LogP contribution in [0.1, 0.15) is 12.8 Å². The van der Waals surface area contributed by atoms with Crippen molar-refractivity contribution in [3.8, 4) is 0 Å². The minimum absolute atomic E-state index is 0.291. The van der Waals surface area contributed by atoms with Crippen molar-refractivity contribution >= 4 is 37.3 Å². The lowest BCUT2D eigenvalue weighted by Crippen LogP contribution is -2.24. The largest absolute Gasteiger partial charge is 0.250 e. The summed E-state index contributed by atoms with van der Waals surface area (Å²) in [5.41, 5.74) is 8.05. The first-order chi connectivity index (χ1) is 8.06. The average molecular weight is 339 g/mol. The molecule has 1 rings (SSSR count). The van der Waals surface area contributed by atoms with Crippen LogP contribution in [0.4, 0.5) is 0 Å². The molecule has 0 bridgehead atoms. The first-order valence-corrected chi connectivity index (χ1v) is 7.91. The van der Waals surface area contributed by atoms with Crippen molar-refractivity contribution in [2.75, 3.05) is 13.1 Å².